The van der Waals surface area contributed by atoms with E-state index < -0.39 is 5.97 Å². The number of carboxylic acid groups (broad SMARTS) is 1. The average molecular weight is 419 g/mol. The molecule has 0 saturated heterocycles. The molecular formula is C26H42O4. The SMILES string of the molecule is Cc1c(C)c2c(c(C)c1OCC(=O)O)CC[C@](C)(CCCC(C)CCCC(C)C)O2. The van der Waals surface area contributed by atoms with Gasteiger partial charge in [0.05, 0.1) is 0 Å². The van der Waals surface area contributed by atoms with Crippen LogP contribution in [0.15, 0.2) is 0 Å². The van der Waals surface area contributed by atoms with E-state index in [1.165, 1.54) is 37.7 Å². The van der Waals surface area contributed by atoms with Gasteiger partial charge >= 0.3 is 5.97 Å². The summed E-state index contributed by atoms with van der Waals surface area (Å²) in [6, 6.07) is 0. The van der Waals surface area contributed by atoms with Crippen molar-refractivity contribution < 1.29 is 19.4 Å². The number of ether oxygens (including phenoxy) is 2. The molecule has 1 unspecified atom stereocenters. The van der Waals surface area contributed by atoms with Gasteiger partial charge in [-0.05, 0) is 81.9 Å². The second-order valence-electron chi connectivity index (χ2n) is 10.1. The molecule has 1 aliphatic rings. The lowest BCUT2D eigenvalue weighted by molar-refractivity contribution is -0.139. The summed E-state index contributed by atoms with van der Waals surface area (Å²) in [5.41, 5.74) is 4.13. The number of aliphatic carboxylic acids is 1. The molecule has 1 aromatic rings. The standard InChI is InChI=1S/C26H42O4/c1-17(2)10-8-11-18(3)12-9-14-26(7)15-13-22-21(6)24(29-16-23(27)28)19(4)20(5)25(22)30-26/h17-18H,8-16H2,1-7H3,(H,27,28)/t18?,26-/m0/s1. The largest absolute Gasteiger partial charge is 0.487 e. The van der Waals surface area contributed by atoms with Gasteiger partial charge in [-0.2, -0.15) is 0 Å². The highest BCUT2D eigenvalue weighted by atomic mass is 16.5. The zero-order valence-corrected chi connectivity index (χ0v) is 20.2. The van der Waals surface area contributed by atoms with Gasteiger partial charge in [0.25, 0.3) is 0 Å². The topological polar surface area (TPSA) is 55.8 Å². The molecule has 4 heteroatoms. The van der Waals surface area contributed by atoms with E-state index in [4.69, 9.17) is 14.6 Å². The molecule has 1 N–H and O–H groups in total. The van der Waals surface area contributed by atoms with Gasteiger partial charge in [-0.25, -0.2) is 4.79 Å². The molecule has 2 rings (SSSR count). The number of benzene rings is 1. The van der Waals surface area contributed by atoms with Crippen molar-refractivity contribution in [1.29, 1.82) is 0 Å². The summed E-state index contributed by atoms with van der Waals surface area (Å²) in [5, 5.41) is 8.98. The first-order chi connectivity index (χ1) is 14.0. The van der Waals surface area contributed by atoms with Crippen molar-refractivity contribution in [3.8, 4) is 11.5 Å². The fourth-order valence-corrected chi connectivity index (χ4v) is 4.65. The first-order valence-electron chi connectivity index (χ1n) is 11.7. The first kappa shape index (κ1) is 24.6. The van der Waals surface area contributed by atoms with Gasteiger partial charge in [-0.3, -0.25) is 0 Å². The van der Waals surface area contributed by atoms with Crippen molar-refractivity contribution in [2.24, 2.45) is 11.8 Å². The van der Waals surface area contributed by atoms with Crippen LogP contribution in [0.3, 0.4) is 0 Å². The molecule has 0 bridgehead atoms. The number of hydrogen-bond donors (Lipinski definition) is 1. The summed E-state index contributed by atoms with van der Waals surface area (Å²) < 4.78 is 12.2. The zero-order chi connectivity index (χ0) is 22.5. The van der Waals surface area contributed by atoms with Crippen LogP contribution >= 0.6 is 0 Å². The number of fused-ring (bicyclic) bond motifs is 1. The summed E-state index contributed by atoms with van der Waals surface area (Å²) in [6.45, 7) is 15.0. The average Bonchev–Trinajstić information content (AvgIpc) is 2.65. The van der Waals surface area contributed by atoms with Crippen LogP contribution in [0.2, 0.25) is 0 Å². The highest BCUT2D eigenvalue weighted by Gasteiger charge is 2.34. The van der Waals surface area contributed by atoms with Crippen molar-refractivity contribution in [2.45, 2.75) is 105 Å². The molecule has 1 aliphatic heterocycles. The van der Waals surface area contributed by atoms with Crippen molar-refractivity contribution in [3.63, 3.8) is 0 Å². The van der Waals surface area contributed by atoms with Crippen LogP contribution in [0.5, 0.6) is 11.5 Å². The van der Waals surface area contributed by atoms with Crippen LogP contribution in [0.1, 0.15) is 94.9 Å². The summed E-state index contributed by atoms with van der Waals surface area (Å²) in [4.78, 5) is 10.9. The zero-order valence-electron chi connectivity index (χ0n) is 20.2. The Morgan fingerprint density at radius 1 is 1.07 bits per heavy atom. The lowest BCUT2D eigenvalue weighted by atomic mass is 9.84. The molecule has 170 valence electrons. The lowest BCUT2D eigenvalue weighted by Crippen LogP contribution is -2.37. The Balaban J connectivity index is 2.01. The third kappa shape index (κ3) is 6.39. The van der Waals surface area contributed by atoms with E-state index in [0.29, 0.717) is 5.75 Å². The highest BCUT2D eigenvalue weighted by molar-refractivity contribution is 5.69. The van der Waals surface area contributed by atoms with Crippen LogP contribution in [0.4, 0.5) is 0 Å². The van der Waals surface area contributed by atoms with Gasteiger partial charge in [0.15, 0.2) is 6.61 Å². The minimum absolute atomic E-state index is 0.127. The number of carbonyl (C=O) groups is 1. The Morgan fingerprint density at radius 2 is 1.73 bits per heavy atom. The Kier molecular flexibility index (Phi) is 8.63. The lowest BCUT2D eigenvalue weighted by Gasteiger charge is -2.38. The van der Waals surface area contributed by atoms with Crippen molar-refractivity contribution in [3.05, 3.63) is 22.3 Å². The van der Waals surface area contributed by atoms with E-state index in [-0.39, 0.29) is 12.2 Å². The summed E-state index contributed by atoms with van der Waals surface area (Å²) in [7, 11) is 0. The maximum absolute atomic E-state index is 10.9. The van der Waals surface area contributed by atoms with Crippen molar-refractivity contribution in [1.82, 2.24) is 0 Å². The van der Waals surface area contributed by atoms with E-state index in [9.17, 15) is 4.79 Å². The molecule has 0 amide bonds. The van der Waals surface area contributed by atoms with E-state index in [0.717, 1.165) is 53.5 Å². The molecule has 0 radical (unpaired) electrons. The maximum Gasteiger partial charge on any atom is 0.341 e. The summed E-state index contributed by atoms with van der Waals surface area (Å²) in [6.07, 6.45) is 9.48. The second kappa shape index (κ2) is 10.5. The minimum atomic E-state index is -0.952. The third-order valence-electron chi connectivity index (χ3n) is 6.78. The molecule has 1 heterocycles. The van der Waals surface area contributed by atoms with Gasteiger partial charge in [0, 0.05) is 5.56 Å². The molecular weight excluding hydrogens is 376 g/mol. The Hall–Kier alpha value is -1.71. The smallest absolute Gasteiger partial charge is 0.341 e. The molecule has 0 aromatic heterocycles. The van der Waals surface area contributed by atoms with Crippen LogP contribution in [-0.4, -0.2) is 23.3 Å². The molecule has 4 nitrogen and oxygen atoms in total. The molecule has 1 aromatic carbocycles. The maximum atomic E-state index is 10.9. The molecule has 2 atom stereocenters. The van der Waals surface area contributed by atoms with E-state index in [2.05, 4.69) is 34.6 Å². The molecule has 0 fully saturated rings. The van der Waals surface area contributed by atoms with Crippen molar-refractivity contribution >= 4 is 5.97 Å². The number of hydrogen-bond acceptors (Lipinski definition) is 3. The Morgan fingerprint density at radius 3 is 2.37 bits per heavy atom. The van der Waals surface area contributed by atoms with Crippen LogP contribution in [0, 0.1) is 32.6 Å². The number of rotatable bonds is 11. The van der Waals surface area contributed by atoms with Gasteiger partial charge < -0.3 is 14.6 Å². The van der Waals surface area contributed by atoms with Crippen LogP contribution < -0.4 is 9.47 Å². The minimum Gasteiger partial charge on any atom is -0.487 e. The predicted octanol–water partition coefficient (Wildman–Crippen LogP) is 6.79. The number of carboxylic acids is 1. The van der Waals surface area contributed by atoms with Gasteiger partial charge in [0.1, 0.15) is 17.1 Å². The quantitative estimate of drug-likeness (QED) is 0.430. The summed E-state index contributed by atoms with van der Waals surface area (Å²) in [5.74, 6) is 2.33. The van der Waals surface area contributed by atoms with E-state index in [1.807, 2.05) is 13.8 Å². The molecule has 30 heavy (non-hydrogen) atoms. The first-order valence-corrected chi connectivity index (χ1v) is 11.7. The van der Waals surface area contributed by atoms with Crippen LogP contribution in [-0.2, 0) is 11.2 Å². The molecule has 0 aliphatic carbocycles. The van der Waals surface area contributed by atoms with E-state index in [1.54, 1.807) is 0 Å². The fourth-order valence-electron chi connectivity index (χ4n) is 4.65. The van der Waals surface area contributed by atoms with Gasteiger partial charge in [-0.15, -0.1) is 0 Å². The Bertz CT molecular complexity index is 737. The van der Waals surface area contributed by atoms with E-state index >= 15 is 0 Å². The normalized spacial score (nSPS) is 19.3. The molecule has 0 spiro atoms. The van der Waals surface area contributed by atoms with Gasteiger partial charge in [0.2, 0.25) is 0 Å². The predicted molar refractivity (Wildman–Crippen MR) is 123 cm³/mol. The Labute approximate surface area is 183 Å². The van der Waals surface area contributed by atoms with Crippen LogP contribution in [0.25, 0.3) is 0 Å². The van der Waals surface area contributed by atoms with Crippen molar-refractivity contribution in [2.75, 3.05) is 6.61 Å². The third-order valence-corrected chi connectivity index (χ3v) is 6.78. The molecule has 0 saturated carbocycles. The second-order valence-corrected chi connectivity index (χ2v) is 10.1. The monoisotopic (exact) mass is 418 g/mol. The fraction of sp³-hybridized carbons (Fsp3) is 0.731. The highest BCUT2D eigenvalue weighted by Crippen LogP contribution is 2.45. The summed E-state index contributed by atoms with van der Waals surface area (Å²) >= 11 is 0. The van der Waals surface area contributed by atoms with Gasteiger partial charge in [-0.1, -0.05) is 46.5 Å².